The van der Waals surface area contributed by atoms with Crippen LogP contribution in [0.25, 0.3) is 0 Å². The molecule has 60 valence electrons. The number of rotatable bonds is 0. The molecule has 0 radical (unpaired) electrons. The molecule has 1 atom stereocenters. The lowest BCUT2D eigenvalue weighted by atomic mass is 10.1. The Kier molecular flexibility index (Phi) is 2.02. The molecule has 2 heteroatoms. The van der Waals surface area contributed by atoms with E-state index in [-0.39, 0.29) is 0 Å². The van der Waals surface area contributed by atoms with E-state index in [2.05, 4.69) is 25.7 Å². The van der Waals surface area contributed by atoms with Gasteiger partial charge < -0.3 is 5.73 Å². The first-order valence-electron chi connectivity index (χ1n) is 4.01. The first-order chi connectivity index (χ1) is 4.50. The third-order valence-corrected chi connectivity index (χ3v) is 2.17. The fraction of sp³-hybridized carbons (Fsp3) is 1.00. The summed E-state index contributed by atoms with van der Waals surface area (Å²) in [5.74, 6) is 0. The van der Waals surface area contributed by atoms with E-state index in [1.165, 1.54) is 6.54 Å². The highest BCUT2D eigenvalue weighted by molar-refractivity contribution is 4.86. The van der Waals surface area contributed by atoms with Gasteiger partial charge in [-0.1, -0.05) is 0 Å². The van der Waals surface area contributed by atoms with E-state index in [1.54, 1.807) is 0 Å². The summed E-state index contributed by atoms with van der Waals surface area (Å²) in [7, 11) is 0. The van der Waals surface area contributed by atoms with Crippen LogP contribution in [-0.4, -0.2) is 29.6 Å². The Hall–Kier alpha value is -0.0800. The van der Waals surface area contributed by atoms with Gasteiger partial charge in [0.1, 0.15) is 0 Å². The van der Waals surface area contributed by atoms with E-state index in [9.17, 15) is 0 Å². The summed E-state index contributed by atoms with van der Waals surface area (Å²) >= 11 is 0. The topological polar surface area (TPSA) is 29.3 Å². The van der Waals surface area contributed by atoms with Crippen molar-refractivity contribution in [2.45, 2.75) is 38.8 Å². The number of hydrogen-bond acceptors (Lipinski definition) is 2. The molecule has 1 heterocycles. The van der Waals surface area contributed by atoms with E-state index < -0.39 is 0 Å². The maximum absolute atomic E-state index is 5.78. The minimum Gasteiger partial charge on any atom is -0.326 e. The zero-order valence-corrected chi connectivity index (χ0v) is 7.22. The summed E-state index contributed by atoms with van der Waals surface area (Å²) in [5.41, 5.74) is 6.09. The zero-order valence-electron chi connectivity index (χ0n) is 7.22. The molecule has 0 unspecified atom stereocenters. The lowest BCUT2D eigenvalue weighted by molar-refractivity contribution is 0.173. The van der Waals surface area contributed by atoms with Crippen LogP contribution in [-0.2, 0) is 0 Å². The van der Waals surface area contributed by atoms with Gasteiger partial charge in [-0.2, -0.15) is 0 Å². The zero-order chi connectivity index (χ0) is 7.78. The third kappa shape index (κ3) is 1.70. The van der Waals surface area contributed by atoms with Crippen molar-refractivity contribution in [1.29, 1.82) is 0 Å². The first-order valence-corrected chi connectivity index (χ1v) is 4.01. The second-order valence-electron chi connectivity index (χ2n) is 4.17. The van der Waals surface area contributed by atoms with Crippen LogP contribution < -0.4 is 5.73 Å². The second kappa shape index (κ2) is 2.51. The predicted octanol–water partition coefficient (Wildman–Crippen LogP) is 0.818. The minimum atomic E-state index is 0.314. The van der Waals surface area contributed by atoms with Crippen LogP contribution in [0.1, 0.15) is 27.2 Å². The molecule has 0 bridgehead atoms. The Balaban J connectivity index is 2.45. The highest BCUT2D eigenvalue weighted by atomic mass is 15.2. The van der Waals surface area contributed by atoms with Crippen LogP contribution in [0.3, 0.4) is 0 Å². The molecule has 2 nitrogen and oxygen atoms in total. The lowest BCUT2D eigenvalue weighted by Gasteiger charge is -2.31. The molecule has 10 heavy (non-hydrogen) atoms. The summed E-state index contributed by atoms with van der Waals surface area (Å²) in [5, 5.41) is 0. The van der Waals surface area contributed by atoms with Gasteiger partial charge in [0.15, 0.2) is 0 Å². The summed E-state index contributed by atoms with van der Waals surface area (Å²) in [6.45, 7) is 8.97. The SMILES string of the molecule is CC(C)(C)N1CC[C@@H](N)C1. The van der Waals surface area contributed by atoms with Crippen molar-refractivity contribution in [2.24, 2.45) is 5.73 Å². The molecular formula is C8H18N2. The molecule has 0 aromatic rings. The average molecular weight is 142 g/mol. The van der Waals surface area contributed by atoms with Gasteiger partial charge in [-0.15, -0.1) is 0 Å². The fourth-order valence-corrected chi connectivity index (χ4v) is 1.40. The van der Waals surface area contributed by atoms with Crippen LogP contribution in [0.4, 0.5) is 0 Å². The average Bonchev–Trinajstić information content (AvgIpc) is 2.11. The number of nitrogens with two attached hydrogens (primary N) is 1. The molecule has 0 aromatic heterocycles. The quantitative estimate of drug-likeness (QED) is 0.542. The molecule has 1 rings (SSSR count). The van der Waals surface area contributed by atoms with Crippen LogP contribution >= 0.6 is 0 Å². The Morgan fingerprint density at radius 3 is 2.20 bits per heavy atom. The highest BCUT2D eigenvalue weighted by Gasteiger charge is 2.27. The number of likely N-dealkylation sites (tertiary alicyclic amines) is 1. The van der Waals surface area contributed by atoms with Gasteiger partial charge in [0.25, 0.3) is 0 Å². The Bertz CT molecular complexity index is 115. The first kappa shape index (κ1) is 8.02. The molecule has 0 spiro atoms. The number of nitrogens with zero attached hydrogens (tertiary/aromatic N) is 1. The standard InChI is InChI=1S/C8H18N2/c1-8(2,3)10-5-4-7(9)6-10/h7H,4-6,9H2,1-3H3/t7-/m1/s1. The van der Waals surface area contributed by atoms with E-state index >= 15 is 0 Å². The Labute approximate surface area is 63.4 Å². The van der Waals surface area contributed by atoms with E-state index in [4.69, 9.17) is 5.73 Å². The molecule has 1 aliphatic heterocycles. The van der Waals surface area contributed by atoms with Gasteiger partial charge in [0, 0.05) is 24.7 Å². The van der Waals surface area contributed by atoms with Gasteiger partial charge in [-0.3, -0.25) is 4.90 Å². The van der Waals surface area contributed by atoms with Gasteiger partial charge in [0.05, 0.1) is 0 Å². The van der Waals surface area contributed by atoms with Gasteiger partial charge in [-0.05, 0) is 27.2 Å². The largest absolute Gasteiger partial charge is 0.326 e. The van der Waals surface area contributed by atoms with Crippen LogP contribution in [0.15, 0.2) is 0 Å². The minimum absolute atomic E-state index is 0.314. The molecule has 1 saturated heterocycles. The van der Waals surface area contributed by atoms with E-state index in [0.717, 1.165) is 13.0 Å². The predicted molar refractivity (Wildman–Crippen MR) is 43.9 cm³/mol. The molecule has 0 amide bonds. The molecule has 2 N–H and O–H groups in total. The third-order valence-electron chi connectivity index (χ3n) is 2.17. The van der Waals surface area contributed by atoms with Crippen molar-refractivity contribution in [3.63, 3.8) is 0 Å². The summed E-state index contributed by atoms with van der Waals surface area (Å²) in [4.78, 5) is 2.44. The van der Waals surface area contributed by atoms with Crippen molar-refractivity contribution >= 4 is 0 Å². The maximum Gasteiger partial charge on any atom is 0.0180 e. The van der Waals surface area contributed by atoms with Crippen molar-refractivity contribution < 1.29 is 0 Å². The van der Waals surface area contributed by atoms with E-state index in [1.807, 2.05) is 0 Å². The molecule has 0 saturated carbocycles. The monoisotopic (exact) mass is 142 g/mol. The van der Waals surface area contributed by atoms with Crippen LogP contribution in [0.5, 0.6) is 0 Å². The van der Waals surface area contributed by atoms with Gasteiger partial charge >= 0.3 is 0 Å². The molecule has 1 aliphatic rings. The second-order valence-corrected chi connectivity index (χ2v) is 4.17. The van der Waals surface area contributed by atoms with Crippen molar-refractivity contribution in [3.8, 4) is 0 Å². The lowest BCUT2D eigenvalue weighted by Crippen LogP contribution is -2.40. The highest BCUT2D eigenvalue weighted by Crippen LogP contribution is 2.18. The molecule has 0 aromatic carbocycles. The summed E-state index contributed by atoms with van der Waals surface area (Å²) < 4.78 is 0. The molecule has 1 fully saturated rings. The Morgan fingerprint density at radius 2 is 2.00 bits per heavy atom. The maximum atomic E-state index is 5.78. The van der Waals surface area contributed by atoms with Gasteiger partial charge in [0.2, 0.25) is 0 Å². The fourth-order valence-electron chi connectivity index (χ4n) is 1.40. The van der Waals surface area contributed by atoms with Crippen molar-refractivity contribution in [2.75, 3.05) is 13.1 Å². The van der Waals surface area contributed by atoms with Crippen LogP contribution in [0, 0.1) is 0 Å². The van der Waals surface area contributed by atoms with Crippen molar-refractivity contribution in [3.05, 3.63) is 0 Å². The smallest absolute Gasteiger partial charge is 0.0180 e. The summed E-state index contributed by atoms with van der Waals surface area (Å²) in [6, 6.07) is 0.416. The van der Waals surface area contributed by atoms with E-state index in [0.29, 0.717) is 11.6 Å². The normalized spacial score (nSPS) is 29.4. The molecular weight excluding hydrogens is 124 g/mol. The Morgan fingerprint density at radius 1 is 1.40 bits per heavy atom. The number of hydrogen-bond donors (Lipinski definition) is 1. The van der Waals surface area contributed by atoms with Crippen LogP contribution in [0.2, 0.25) is 0 Å². The van der Waals surface area contributed by atoms with Gasteiger partial charge in [-0.25, -0.2) is 0 Å². The molecule has 0 aliphatic carbocycles. The van der Waals surface area contributed by atoms with Crippen molar-refractivity contribution in [1.82, 2.24) is 4.90 Å². The summed E-state index contributed by atoms with van der Waals surface area (Å²) in [6.07, 6.45) is 1.16.